The molecule has 1 aliphatic rings. The predicted molar refractivity (Wildman–Crippen MR) is 78.3 cm³/mol. The Labute approximate surface area is 117 Å². The number of ether oxygens (including phenoxy) is 1. The molecule has 0 aromatic carbocycles. The van der Waals surface area contributed by atoms with Crippen molar-refractivity contribution in [3.05, 3.63) is 0 Å². The molecule has 0 aliphatic heterocycles. The van der Waals surface area contributed by atoms with Gasteiger partial charge in [0, 0.05) is 18.6 Å². The molecule has 1 amide bonds. The van der Waals surface area contributed by atoms with E-state index in [9.17, 15) is 4.79 Å². The molecule has 4 heteroatoms. The van der Waals surface area contributed by atoms with E-state index in [1.54, 1.807) is 0 Å². The van der Waals surface area contributed by atoms with Gasteiger partial charge in [-0.1, -0.05) is 13.8 Å². The highest BCUT2D eigenvalue weighted by Crippen LogP contribution is 2.25. The topological polar surface area (TPSA) is 50.4 Å². The van der Waals surface area contributed by atoms with Gasteiger partial charge in [-0.15, -0.1) is 0 Å². The Bertz CT molecular complexity index is 286. The molecule has 3 unspecified atom stereocenters. The van der Waals surface area contributed by atoms with Crippen molar-refractivity contribution in [3.63, 3.8) is 0 Å². The first kappa shape index (κ1) is 16.3. The fourth-order valence-electron chi connectivity index (χ4n) is 2.53. The molecule has 1 aliphatic carbocycles. The van der Waals surface area contributed by atoms with Gasteiger partial charge in [0.25, 0.3) is 0 Å². The van der Waals surface area contributed by atoms with Crippen LogP contribution in [0.1, 0.15) is 60.3 Å². The number of rotatable bonds is 5. The molecule has 0 spiro atoms. The maximum Gasteiger partial charge on any atom is 0.407 e. The molecule has 2 N–H and O–H groups in total. The molecule has 0 radical (unpaired) electrons. The van der Waals surface area contributed by atoms with Crippen molar-refractivity contribution in [2.45, 2.75) is 78.0 Å². The highest BCUT2D eigenvalue weighted by Gasteiger charge is 2.23. The number of alkyl carbamates (subject to hydrolysis) is 1. The van der Waals surface area contributed by atoms with Crippen LogP contribution >= 0.6 is 0 Å². The van der Waals surface area contributed by atoms with Gasteiger partial charge in [-0.05, 0) is 52.4 Å². The summed E-state index contributed by atoms with van der Waals surface area (Å²) in [6.45, 7) is 10.7. The second kappa shape index (κ2) is 7.13. The standard InChI is InChI=1S/C15H30N2O2/c1-6-12(17-13-8-7-11(2)9-13)10-16-14(18)19-15(3,4)5/h11-13,17H,6-10H2,1-5H3,(H,16,18). The fourth-order valence-corrected chi connectivity index (χ4v) is 2.53. The van der Waals surface area contributed by atoms with Crippen LogP contribution in [0.2, 0.25) is 0 Å². The summed E-state index contributed by atoms with van der Waals surface area (Å²) in [6, 6.07) is 0.947. The van der Waals surface area contributed by atoms with Crippen LogP contribution in [-0.2, 0) is 4.74 Å². The van der Waals surface area contributed by atoms with E-state index >= 15 is 0 Å². The van der Waals surface area contributed by atoms with Crippen molar-refractivity contribution in [2.75, 3.05) is 6.54 Å². The monoisotopic (exact) mass is 270 g/mol. The second-order valence-corrected chi connectivity index (χ2v) is 6.77. The number of hydrogen-bond donors (Lipinski definition) is 2. The van der Waals surface area contributed by atoms with Crippen LogP contribution in [0.15, 0.2) is 0 Å². The van der Waals surface area contributed by atoms with Gasteiger partial charge < -0.3 is 15.4 Å². The lowest BCUT2D eigenvalue weighted by molar-refractivity contribution is 0.0521. The lowest BCUT2D eigenvalue weighted by atomic mass is 10.1. The van der Waals surface area contributed by atoms with Crippen LogP contribution in [0.4, 0.5) is 4.79 Å². The molecule has 0 aromatic heterocycles. The number of amides is 1. The largest absolute Gasteiger partial charge is 0.444 e. The van der Waals surface area contributed by atoms with Crippen LogP contribution in [0, 0.1) is 5.92 Å². The average molecular weight is 270 g/mol. The molecular weight excluding hydrogens is 240 g/mol. The minimum absolute atomic E-state index is 0.326. The fraction of sp³-hybridized carbons (Fsp3) is 0.933. The summed E-state index contributed by atoms with van der Waals surface area (Å²) in [4.78, 5) is 11.6. The van der Waals surface area contributed by atoms with Gasteiger partial charge in [0.2, 0.25) is 0 Å². The first-order valence-electron chi connectivity index (χ1n) is 7.53. The summed E-state index contributed by atoms with van der Waals surface area (Å²) in [6.07, 6.45) is 4.51. The SMILES string of the molecule is CCC(CNC(=O)OC(C)(C)C)NC1CCC(C)C1. The van der Waals surface area contributed by atoms with E-state index in [1.807, 2.05) is 20.8 Å². The molecule has 1 saturated carbocycles. The van der Waals surface area contributed by atoms with Crippen molar-refractivity contribution in [3.8, 4) is 0 Å². The third-order valence-corrected chi connectivity index (χ3v) is 3.55. The summed E-state index contributed by atoms with van der Waals surface area (Å²) in [5.74, 6) is 0.828. The third kappa shape index (κ3) is 6.81. The van der Waals surface area contributed by atoms with E-state index in [0.29, 0.717) is 18.6 Å². The first-order valence-corrected chi connectivity index (χ1v) is 7.53. The van der Waals surface area contributed by atoms with Crippen LogP contribution in [0.3, 0.4) is 0 Å². The molecule has 19 heavy (non-hydrogen) atoms. The molecule has 112 valence electrons. The molecule has 4 nitrogen and oxygen atoms in total. The van der Waals surface area contributed by atoms with Crippen LogP contribution in [0.25, 0.3) is 0 Å². The summed E-state index contributed by atoms with van der Waals surface area (Å²) in [5, 5.41) is 6.50. The Kier molecular flexibility index (Phi) is 6.11. The highest BCUT2D eigenvalue weighted by molar-refractivity contribution is 5.67. The van der Waals surface area contributed by atoms with Gasteiger partial charge in [0.15, 0.2) is 0 Å². The number of carbonyl (C=O) groups excluding carboxylic acids is 1. The molecule has 0 heterocycles. The van der Waals surface area contributed by atoms with Crippen molar-refractivity contribution in [1.29, 1.82) is 0 Å². The number of hydrogen-bond acceptors (Lipinski definition) is 3. The van der Waals surface area contributed by atoms with Gasteiger partial charge in [0.1, 0.15) is 5.60 Å². The van der Waals surface area contributed by atoms with Gasteiger partial charge in [-0.25, -0.2) is 4.79 Å². The minimum Gasteiger partial charge on any atom is -0.444 e. The Hall–Kier alpha value is -0.770. The van der Waals surface area contributed by atoms with Crippen molar-refractivity contribution < 1.29 is 9.53 Å². The van der Waals surface area contributed by atoms with Crippen molar-refractivity contribution in [2.24, 2.45) is 5.92 Å². The van der Waals surface area contributed by atoms with E-state index in [2.05, 4.69) is 24.5 Å². The zero-order valence-corrected chi connectivity index (χ0v) is 13.1. The van der Waals surface area contributed by atoms with E-state index in [0.717, 1.165) is 12.3 Å². The highest BCUT2D eigenvalue weighted by atomic mass is 16.6. The zero-order chi connectivity index (χ0) is 14.5. The van der Waals surface area contributed by atoms with Gasteiger partial charge in [0.05, 0.1) is 0 Å². The average Bonchev–Trinajstić information content (AvgIpc) is 2.67. The van der Waals surface area contributed by atoms with E-state index in [1.165, 1.54) is 19.3 Å². The summed E-state index contributed by atoms with van der Waals surface area (Å²) < 4.78 is 5.24. The van der Waals surface area contributed by atoms with Crippen molar-refractivity contribution >= 4 is 6.09 Å². The van der Waals surface area contributed by atoms with E-state index < -0.39 is 5.60 Å². The Morgan fingerprint density at radius 3 is 2.53 bits per heavy atom. The Balaban J connectivity index is 2.26. The van der Waals surface area contributed by atoms with Crippen molar-refractivity contribution in [1.82, 2.24) is 10.6 Å². The minimum atomic E-state index is -0.430. The summed E-state index contributed by atoms with van der Waals surface area (Å²) >= 11 is 0. The zero-order valence-electron chi connectivity index (χ0n) is 13.1. The normalized spacial score (nSPS) is 25.1. The second-order valence-electron chi connectivity index (χ2n) is 6.77. The molecule has 1 fully saturated rings. The quantitative estimate of drug-likeness (QED) is 0.807. The maximum atomic E-state index is 11.6. The summed E-state index contributed by atoms with van der Waals surface area (Å²) in [5.41, 5.74) is -0.430. The van der Waals surface area contributed by atoms with E-state index in [-0.39, 0.29) is 6.09 Å². The smallest absolute Gasteiger partial charge is 0.407 e. The third-order valence-electron chi connectivity index (χ3n) is 3.55. The van der Waals surface area contributed by atoms with E-state index in [4.69, 9.17) is 4.74 Å². The lowest BCUT2D eigenvalue weighted by Gasteiger charge is -2.24. The Morgan fingerprint density at radius 2 is 2.05 bits per heavy atom. The summed E-state index contributed by atoms with van der Waals surface area (Å²) in [7, 11) is 0. The number of carbonyl (C=O) groups is 1. The molecule has 0 bridgehead atoms. The number of nitrogens with one attached hydrogen (secondary N) is 2. The van der Waals surface area contributed by atoms with Crippen LogP contribution in [0.5, 0.6) is 0 Å². The van der Waals surface area contributed by atoms with Crippen LogP contribution < -0.4 is 10.6 Å². The molecule has 0 saturated heterocycles. The first-order chi connectivity index (χ1) is 8.80. The molecule has 3 atom stereocenters. The Morgan fingerprint density at radius 1 is 1.37 bits per heavy atom. The van der Waals surface area contributed by atoms with Gasteiger partial charge in [-0.3, -0.25) is 0 Å². The lowest BCUT2D eigenvalue weighted by Crippen LogP contribution is -2.45. The van der Waals surface area contributed by atoms with Gasteiger partial charge >= 0.3 is 6.09 Å². The maximum absolute atomic E-state index is 11.6. The molecular formula is C15H30N2O2. The van der Waals surface area contributed by atoms with Gasteiger partial charge in [-0.2, -0.15) is 0 Å². The molecule has 0 aromatic rings. The van der Waals surface area contributed by atoms with Crippen LogP contribution in [-0.4, -0.2) is 30.3 Å². The predicted octanol–water partition coefficient (Wildman–Crippen LogP) is 3.07. The molecule has 1 rings (SSSR count).